The second-order valence-corrected chi connectivity index (χ2v) is 8.94. The molecule has 0 aliphatic carbocycles. The highest BCUT2D eigenvalue weighted by Crippen LogP contribution is 2.35. The molecule has 6 rings (SSSR count). The Labute approximate surface area is 178 Å². The molecule has 1 aromatic carbocycles. The van der Waals surface area contributed by atoms with E-state index in [-0.39, 0.29) is 12.0 Å². The number of β-amino-alcohol motifs (C(OH)–C–C–N with tert-alkyl or cyclic N) is 1. The summed E-state index contributed by atoms with van der Waals surface area (Å²) in [5.41, 5.74) is 2.08. The first kappa shape index (κ1) is 19.6. The fraction of sp³-hybridized carbons (Fsp3) is 0.480. The van der Waals surface area contributed by atoms with Gasteiger partial charge in [0, 0.05) is 37.5 Å². The van der Waals surface area contributed by atoms with Crippen LogP contribution < -0.4 is 4.90 Å². The van der Waals surface area contributed by atoms with Crippen LogP contribution >= 0.6 is 0 Å². The van der Waals surface area contributed by atoms with E-state index in [0.29, 0.717) is 19.5 Å². The average Bonchev–Trinajstić information content (AvgIpc) is 3.20. The fourth-order valence-corrected chi connectivity index (χ4v) is 5.01. The van der Waals surface area contributed by atoms with Gasteiger partial charge in [0.1, 0.15) is 11.4 Å². The number of fused-ring (bicyclic) bond motifs is 3. The van der Waals surface area contributed by atoms with Crippen molar-refractivity contribution in [1.82, 2.24) is 9.88 Å². The highest BCUT2D eigenvalue weighted by Gasteiger charge is 2.44. The first-order valence-electron chi connectivity index (χ1n) is 11.0. The van der Waals surface area contributed by atoms with Gasteiger partial charge in [-0.25, -0.2) is 4.98 Å². The summed E-state index contributed by atoms with van der Waals surface area (Å²) in [7, 11) is 0. The maximum atomic E-state index is 11.2. The SMILES string of the molecule is O[C@@H]1CCN(c2ccc(C#C[C@@]3(O)CN4CCC3CC4)c(Cc3ccccc3)n2)C1. The van der Waals surface area contributed by atoms with Crippen molar-refractivity contribution in [2.75, 3.05) is 37.6 Å². The molecule has 156 valence electrons. The molecule has 5 nitrogen and oxygen atoms in total. The molecule has 30 heavy (non-hydrogen) atoms. The van der Waals surface area contributed by atoms with Gasteiger partial charge in [0.15, 0.2) is 0 Å². The lowest BCUT2D eigenvalue weighted by atomic mass is 9.75. The summed E-state index contributed by atoms with van der Waals surface area (Å²) in [4.78, 5) is 9.39. The highest BCUT2D eigenvalue weighted by molar-refractivity contribution is 5.50. The van der Waals surface area contributed by atoms with Gasteiger partial charge in [-0.05, 0) is 50.0 Å². The molecular weight excluding hydrogens is 374 g/mol. The number of aliphatic hydroxyl groups excluding tert-OH is 1. The number of rotatable bonds is 3. The standard InChI is InChI=1S/C25H29N3O2/c29-22-11-15-28(17-22)24-7-6-20(23(26-24)16-19-4-2-1-3-5-19)8-12-25(30)18-27-13-9-21(25)10-14-27/h1-7,21-22,29-30H,9-11,13-18H2/t22-,25-/m1/s1. The van der Waals surface area contributed by atoms with Crippen molar-refractivity contribution in [3.63, 3.8) is 0 Å². The van der Waals surface area contributed by atoms with Gasteiger partial charge < -0.3 is 15.1 Å². The number of aliphatic hydroxyl groups is 2. The van der Waals surface area contributed by atoms with E-state index in [1.165, 1.54) is 5.56 Å². The van der Waals surface area contributed by atoms with Gasteiger partial charge in [-0.15, -0.1) is 0 Å². The number of benzene rings is 1. The van der Waals surface area contributed by atoms with E-state index in [2.05, 4.69) is 33.8 Å². The molecular formula is C25H29N3O2. The number of nitrogens with zero attached hydrogens (tertiary/aromatic N) is 3. The lowest BCUT2D eigenvalue weighted by Crippen LogP contribution is -2.58. The van der Waals surface area contributed by atoms with E-state index < -0.39 is 5.60 Å². The molecule has 4 aliphatic rings. The van der Waals surface area contributed by atoms with Gasteiger partial charge in [-0.2, -0.15) is 0 Å². The van der Waals surface area contributed by atoms with Crippen LogP contribution in [-0.2, 0) is 6.42 Å². The molecule has 4 fully saturated rings. The summed E-state index contributed by atoms with van der Waals surface area (Å²) >= 11 is 0. The number of piperidine rings is 3. The summed E-state index contributed by atoms with van der Waals surface area (Å²) in [5, 5.41) is 21.1. The molecule has 5 heterocycles. The monoisotopic (exact) mass is 403 g/mol. The molecule has 1 aromatic heterocycles. The van der Waals surface area contributed by atoms with E-state index in [0.717, 1.165) is 56.0 Å². The third kappa shape index (κ3) is 3.96. The number of hydrogen-bond donors (Lipinski definition) is 2. The van der Waals surface area contributed by atoms with Crippen LogP contribution in [-0.4, -0.2) is 64.5 Å². The van der Waals surface area contributed by atoms with Crippen LogP contribution in [0, 0.1) is 17.8 Å². The largest absolute Gasteiger partial charge is 0.391 e. The molecule has 0 spiro atoms. The lowest BCUT2D eigenvalue weighted by Gasteiger charge is -2.47. The first-order valence-corrected chi connectivity index (χ1v) is 11.0. The van der Waals surface area contributed by atoms with Crippen LogP contribution in [0.2, 0.25) is 0 Å². The zero-order valence-electron chi connectivity index (χ0n) is 17.3. The third-order valence-corrected chi connectivity index (χ3v) is 6.80. The van der Waals surface area contributed by atoms with Gasteiger partial charge in [-0.1, -0.05) is 42.2 Å². The minimum atomic E-state index is -0.918. The van der Waals surface area contributed by atoms with E-state index in [1.54, 1.807) is 0 Å². The Bertz CT molecular complexity index is 959. The second kappa shape index (κ2) is 8.03. The van der Waals surface area contributed by atoms with E-state index in [4.69, 9.17) is 4.98 Å². The Hall–Kier alpha value is -2.39. The maximum Gasteiger partial charge on any atom is 0.141 e. The summed E-state index contributed by atoms with van der Waals surface area (Å²) < 4.78 is 0. The van der Waals surface area contributed by atoms with Gasteiger partial charge >= 0.3 is 0 Å². The minimum Gasteiger partial charge on any atom is -0.391 e. The molecule has 4 aliphatic heterocycles. The molecule has 0 amide bonds. The van der Waals surface area contributed by atoms with Gasteiger partial charge in [0.2, 0.25) is 0 Å². The Morgan fingerprint density at radius 3 is 2.50 bits per heavy atom. The molecule has 0 radical (unpaired) electrons. The van der Waals surface area contributed by atoms with Crippen LogP contribution in [0.25, 0.3) is 0 Å². The Morgan fingerprint density at radius 2 is 1.83 bits per heavy atom. The third-order valence-electron chi connectivity index (χ3n) is 6.80. The maximum absolute atomic E-state index is 11.2. The van der Waals surface area contributed by atoms with Crippen LogP contribution in [0.3, 0.4) is 0 Å². The van der Waals surface area contributed by atoms with Crippen molar-refractivity contribution in [2.24, 2.45) is 5.92 Å². The minimum absolute atomic E-state index is 0.269. The smallest absolute Gasteiger partial charge is 0.141 e. The van der Waals surface area contributed by atoms with E-state index in [9.17, 15) is 10.2 Å². The van der Waals surface area contributed by atoms with Crippen molar-refractivity contribution >= 4 is 5.82 Å². The summed E-state index contributed by atoms with van der Waals surface area (Å²) in [6, 6.07) is 14.3. The summed E-state index contributed by atoms with van der Waals surface area (Å²) in [5.74, 6) is 7.70. The van der Waals surface area contributed by atoms with Crippen LogP contribution in [0.1, 0.15) is 36.1 Å². The Balaban J connectivity index is 1.46. The number of aromatic nitrogens is 1. The molecule has 5 heteroatoms. The normalized spacial score (nSPS) is 30.2. The summed E-state index contributed by atoms with van der Waals surface area (Å²) in [6.07, 6.45) is 3.24. The molecule has 2 N–H and O–H groups in total. The molecule has 0 unspecified atom stereocenters. The molecule has 2 bridgehead atoms. The number of hydrogen-bond acceptors (Lipinski definition) is 5. The van der Waals surface area contributed by atoms with Crippen LogP contribution in [0.15, 0.2) is 42.5 Å². The van der Waals surface area contributed by atoms with Crippen molar-refractivity contribution in [2.45, 2.75) is 37.4 Å². The Kier molecular flexibility index (Phi) is 5.24. The zero-order valence-corrected chi connectivity index (χ0v) is 17.3. The molecule has 2 atom stereocenters. The van der Waals surface area contributed by atoms with Crippen LogP contribution in [0.5, 0.6) is 0 Å². The van der Waals surface area contributed by atoms with Gasteiger partial charge in [0.25, 0.3) is 0 Å². The highest BCUT2D eigenvalue weighted by atomic mass is 16.3. The number of anilines is 1. The quantitative estimate of drug-likeness (QED) is 0.769. The van der Waals surface area contributed by atoms with Crippen LogP contribution in [0.4, 0.5) is 5.82 Å². The topological polar surface area (TPSA) is 59.8 Å². The number of pyridine rings is 1. The first-order chi connectivity index (χ1) is 14.6. The second-order valence-electron chi connectivity index (χ2n) is 8.94. The predicted molar refractivity (Wildman–Crippen MR) is 117 cm³/mol. The Morgan fingerprint density at radius 1 is 1.03 bits per heavy atom. The fourth-order valence-electron chi connectivity index (χ4n) is 5.01. The molecule has 2 aromatic rings. The lowest BCUT2D eigenvalue weighted by molar-refractivity contribution is -0.0713. The molecule has 0 saturated carbocycles. The molecule has 4 saturated heterocycles. The predicted octanol–water partition coefficient (Wildman–Crippen LogP) is 2.05. The summed E-state index contributed by atoms with van der Waals surface area (Å²) in [6.45, 7) is 4.24. The van der Waals surface area contributed by atoms with Crippen molar-refractivity contribution in [1.29, 1.82) is 0 Å². The van der Waals surface area contributed by atoms with Crippen molar-refractivity contribution < 1.29 is 10.2 Å². The van der Waals surface area contributed by atoms with Crippen molar-refractivity contribution in [3.05, 3.63) is 59.3 Å². The van der Waals surface area contributed by atoms with Crippen molar-refractivity contribution in [3.8, 4) is 11.8 Å². The zero-order chi connectivity index (χ0) is 20.6. The van der Waals surface area contributed by atoms with Gasteiger partial charge in [-0.3, -0.25) is 4.90 Å². The van der Waals surface area contributed by atoms with E-state index >= 15 is 0 Å². The van der Waals surface area contributed by atoms with Gasteiger partial charge in [0.05, 0.1) is 11.8 Å². The average molecular weight is 404 g/mol. The van der Waals surface area contributed by atoms with E-state index in [1.807, 2.05) is 30.3 Å².